The Morgan fingerprint density at radius 1 is 1.32 bits per heavy atom. The van der Waals surface area contributed by atoms with Gasteiger partial charge in [-0.15, -0.1) is 35.3 Å². The Labute approximate surface area is 150 Å². The summed E-state index contributed by atoms with van der Waals surface area (Å²) in [4.78, 5) is 7.97. The first kappa shape index (κ1) is 21.4. The normalized spacial score (nSPS) is 12.0. The summed E-state index contributed by atoms with van der Waals surface area (Å²) in [7, 11) is 0. The van der Waals surface area contributed by atoms with Crippen molar-refractivity contribution in [1.82, 2.24) is 15.6 Å². The van der Waals surface area contributed by atoms with Crippen LogP contribution in [0.2, 0.25) is 0 Å². The lowest BCUT2D eigenvalue weighted by Gasteiger charge is -2.10. The molecule has 0 unspecified atom stereocenters. The van der Waals surface area contributed by atoms with Crippen LogP contribution in [0.3, 0.4) is 0 Å². The van der Waals surface area contributed by atoms with Gasteiger partial charge in [-0.3, -0.25) is 4.99 Å². The number of hydrogen-bond donors (Lipinski definition) is 2. The molecule has 2 N–H and O–H groups in total. The molecule has 1 aromatic rings. The molecular formula is C13H22F3IN4S. The first-order valence-corrected chi connectivity index (χ1v) is 7.89. The van der Waals surface area contributed by atoms with Gasteiger partial charge in [0.25, 0.3) is 0 Å². The van der Waals surface area contributed by atoms with Crippen LogP contribution in [0.1, 0.15) is 37.4 Å². The molecule has 9 heteroatoms. The molecule has 0 aliphatic carbocycles. The van der Waals surface area contributed by atoms with E-state index >= 15 is 0 Å². The second-order valence-electron chi connectivity index (χ2n) is 4.42. The van der Waals surface area contributed by atoms with Gasteiger partial charge < -0.3 is 10.6 Å². The molecule has 0 aliphatic rings. The highest BCUT2D eigenvalue weighted by Gasteiger charge is 2.33. The first-order valence-electron chi connectivity index (χ1n) is 7.01. The lowest BCUT2D eigenvalue weighted by Crippen LogP contribution is -2.38. The van der Waals surface area contributed by atoms with Gasteiger partial charge in [0.15, 0.2) is 11.7 Å². The number of aromatic nitrogens is 1. The third-order valence-corrected chi connectivity index (χ3v) is 3.51. The maximum atomic E-state index is 12.4. The fourth-order valence-electron chi connectivity index (χ4n) is 1.53. The summed E-state index contributed by atoms with van der Waals surface area (Å²) in [5.74, 6) is 0.693. The predicted octanol–water partition coefficient (Wildman–Crippen LogP) is 3.68. The van der Waals surface area contributed by atoms with E-state index in [2.05, 4.69) is 27.5 Å². The molecule has 1 heterocycles. The van der Waals surface area contributed by atoms with Gasteiger partial charge in [-0.1, -0.05) is 13.3 Å². The number of halogens is 4. The van der Waals surface area contributed by atoms with Gasteiger partial charge in [-0.2, -0.15) is 13.2 Å². The van der Waals surface area contributed by atoms with Crippen molar-refractivity contribution in [3.63, 3.8) is 0 Å². The molecule has 0 atom stereocenters. The zero-order valence-corrected chi connectivity index (χ0v) is 15.8. The van der Waals surface area contributed by atoms with Crippen molar-refractivity contribution in [3.05, 3.63) is 16.1 Å². The van der Waals surface area contributed by atoms with Crippen LogP contribution in [-0.2, 0) is 12.6 Å². The smallest absolute Gasteiger partial charge is 0.357 e. The fraction of sp³-hybridized carbons (Fsp3) is 0.692. The number of nitrogens with zero attached hydrogens (tertiary/aromatic N) is 2. The average molecular weight is 450 g/mol. The lowest BCUT2D eigenvalue weighted by molar-refractivity contribution is -0.140. The number of aliphatic imine (C=N–C) groups is 1. The third-order valence-electron chi connectivity index (χ3n) is 2.60. The van der Waals surface area contributed by atoms with Crippen molar-refractivity contribution in [3.8, 4) is 0 Å². The second-order valence-corrected chi connectivity index (χ2v) is 5.36. The Balaban J connectivity index is 0.00000441. The summed E-state index contributed by atoms with van der Waals surface area (Å²) in [5.41, 5.74) is -0.814. The van der Waals surface area contributed by atoms with Crippen molar-refractivity contribution >= 4 is 41.3 Å². The van der Waals surface area contributed by atoms with E-state index in [-0.39, 0.29) is 24.0 Å². The molecule has 0 fully saturated rings. The van der Waals surface area contributed by atoms with Gasteiger partial charge in [0.2, 0.25) is 0 Å². The largest absolute Gasteiger partial charge is 0.434 e. The Hall–Kier alpha value is -0.580. The minimum absolute atomic E-state index is 0. The zero-order chi connectivity index (χ0) is 15.7. The average Bonchev–Trinajstić information content (AvgIpc) is 2.88. The van der Waals surface area contributed by atoms with Crippen molar-refractivity contribution in [2.24, 2.45) is 4.99 Å². The molecule has 0 aromatic carbocycles. The van der Waals surface area contributed by atoms with Crippen LogP contribution in [0.4, 0.5) is 13.2 Å². The minimum atomic E-state index is -4.36. The molecular weight excluding hydrogens is 428 g/mol. The van der Waals surface area contributed by atoms with Crippen LogP contribution in [0, 0.1) is 0 Å². The molecule has 0 bridgehead atoms. The molecule has 1 rings (SSSR count). The summed E-state index contributed by atoms with van der Waals surface area (Å²) < 4.78 is 37.3. The van der Waals surface area contributed by atoms with Gasteiger partial charge in [-0.25, -0.2) is 4.98 Å². The molecule has 1 aromatic heterocycles. The Bertz CT molecular complexity index is 449. The Kier molecular flexibility index (Phi) is 10.7. The lowest BCUT2D eigenvalue weighted by atomic mass is 10.3. The number of guanidine groups is 1. The van der Waals surface area contributed by atoms with Crippen molar-refractivity contribution in [2.75, 3.05) is 19.6 Å². The number of nitrogens with one attached hydrogen (secondary N) is 2. The number of rotatable bonds is 7. The van der Waals surface area contributed by atoms with Crippen molar-refractivity contribution in [2.45, 2.75) is 39.3 Å². The van der Waals surface area contributed by atoms with E-state index in [9.17, 15) is 13.2 Å². The molecule has 4 nitrogen and oxygen atoms in total. The van der Waals surface area contributed by atoms with Gasteiger partial charge in [-0.05, 0) is 13.3 Å². The fourth-order valence-corrected chi connectivity index (χ4v) is 2.34. The summed E-state index contributed by atoms with van der Waals surface area (Å²) in [6, 6.07) is 0. The van der Waals surface area contributed by atoms with E-state index in [1.54, 1.807) is 0 Å². The molecule has 128 valence electrons. The van der Waals surface area contributed by atoms with E-state index in [4.69, 9.17) is 0 Å². The summed E-state index contributed by atoms with van der Waals surface area (Å²) in [6.45, 7) is 6.04. The predicted molar refractivity (Wildman–Crippen MR) is 95.1 cm³/mol. The van der Waals surface area contributed by atoms with E-state index in [0.717, 1.165) is 42.6 Å². The van der Waals surface area contributed by atoms with Crippen LogP contribution < -0.4 is 10.6 Å². The van der Waals surface area contributed by atoms with Crippen LogP contribution in [-0.4, -0.2) is 30.6 Å². The second kappa shape index (κ2) is 11.0. The van der Waals surface area contributed by atoms with E-state index in [0.29, 0.717) is 23.9 Å². The molecule has 0 aliphatic heterocycles. The quantitative estimate of drug-likeness (QED) is 0.289. The molecule has 0 saturated heterocycles. The maximum Gasteiger partial charge on any atom is 0.434 e. The van der Waals surface area contributed by atoms with Crippen molar-refractivity contribution in [1.29, 1.82) is 0 Å². The van der Waals surface area contributed by atoms with Crippen LogP contribution >= 0.6 is 35.3 Å². The number of hydrogen-bond acceptors (Lipinski definition) is 3. The van der Waals surface area contributed by atoms with E-state index in [1.165, 1.54) is 0 Å². The van der Waals surface area contributed by atoms with Gasteiger partial charge in [0.05, 0.1) is 5.01 Å². The van der Waals surface area contributed by atoms with Crippen LogP contribution in [0.25, 0.3) is 0 Å². The summed E-state index contributed by atoms with van der Waals surface area (Å²) >= 11 is 1.03. The number of unbranched alkanes of at least 4 members (excludes halogenated alkanes) is 1. The molecule has 0 spiro atoms. The molecule has 0 radical (unpaired) electrons. The highest BCUT2D eigenvalue weighted by Crippen LogP contribution is 2.29. The third kappa shape index (κ3) is 8.16. The van der Waals surface area contributed by atoms with Gasteiger partial charge >= 0.3 is 6.18 Å². The number of thiazole rings is 1. The first-order chi connectivity index (χ1) is 9.97. The van der Waals surface area contributed by atoms with Crippen LogP contribution in [0.5, 0.6) is 0 Å². The van der Waals surface area contributed by atoms with E-state index in [1.807, 2.05) is 6.92 Å². The monoisotopic (exact) mass is 450 g/mol. The topological polar surface area (TPSA) is 49.3 Å². The maximum absolute atomic E-state index is 12.4. The Morgan fingerprint density at radius 3 is 2.59 bits per heavy atom. The van der Waals surface area contributed by atoms with Crippen molar-refractivity contribution < 1.29 is 13.2 Å². The Morgan fingerprint density at radius 2 is 2.05 bits per heavy atom. The molecule has 22 heavy (non-hydrogen) atoms. The SMILES string of the molecule is CCCCN=C(NCC)NCCc1nc(C(F)(F)F)cs1.I. The van der Waals surface area contributed by atoms with Gasteiger partial charge in [0, 0.05) is 31.4 Å². The summed E-state index contributed by atoms with van der Waals surface area (Å²) in [6.07, 6.45) is -1.84. The molecule has 0 amide bonds. The number of alkyl halides is 3. The standard InChI is InChI=1S/C13H21F3N4S.HI/c1-3-5-7-18-12(17-4-2)19-8-6-11-20-10(9-21-11)13(14,15)16;/h9H,3-8H2,1-2H3,(H2,17,18,19);1H. The highest BCUT2D eigenvalue weighted by atomic mass is 127. The molecule has 0 saturated carbocycles. The van der Waals surface area contributed by atoms with Crippen LogP contribution in [0.15, 0.2) is 10.4 Å². The van der Waals surface area contributed by atoms with Gasteiger partial charge in [0.1, 0.15) is 0 Å². The highest BCUT2D eigenvalue weighted by molar-refractivity contribution is 14.0. The summed E-state index contributed by atoms with van der Waals surface area (Å²) in [5, 5.41) is 7.72. The minimum Gasteiger partial charge on any atom is -0.357 e. The zero-order valence-electron chi connectivity index (χ0n) is 12.7. The van der Waals surface area contributed by atoms with E-state index < -0.39 is 11.9 Å².